The molecule has 4 aliphatic rings. The summed E-state index contributed by atoms with van der Waals surface area (Å²) in [4.78, 5) is 66.3. The molecule has 0 bridgehead atoms. The number of β-amino-alcohol motifs (C(OH)–C–C–N with tert-alkyl or cyclic N) is 1. The van der Waals surface area contributed by atoms with Crippen LogP contribution >= 0.6 is 11.3 Å². The van der Waals surface area contributed by atoms with Crippen molar-refractivity contribution in [2.75, 3.05) is 92.1 Å². The molecule has 1 spiro atoms. The topological polar surface area (TPSA) is 191 Å². The number of benzene rings is 3. The summed E-state index contributed by atoms with van der Waals surface area (Å²) in [5, 5.41) is 16.6. The number of hydrogen-bond donors (Lipinski definition) is 3. The minimum atomic E-state index is -0.957. The third-order valence-corrected chi connectivity index (χ3v) is 16.8. The van der Waals surface area contributed by atoms with Crippen LogP contribution in [0.1, 0.15) is 105 Å². The second-order valence-electron chi connectivity index (χ2n) is 23.0. The lowest BCUT2D eigenvalue weighted by Gasteiger charge is -2.37. The van der Waals surface area contributed by atoms with Gasteiger partial charge in [-0.2, -0.15) is 0 Å². The number of hydrogen-bond acceptors (Lipinski definition) is 15. The summed E-state index contributed by atoms with van der Waals surface area (Å²) in [5.74, 6) is -0.913. The van der Waals surface area contributed by atoms with E-state index in [1.807, 2.05) is 109 Å². The number of piperazine rings is 1. The number of nitrogens with zero attached hydrogens (tertiary/aromatic N) is 4. The van der Waals surface area contributed by atoms with Crippen LogP contribution in [0.2, 0.25) is 0 Å². The van der Waals surface area contributed by atoms with Crippen molar-refractivity contribution in [3.05, 3.63) is 117 Å². The fraction of sp³-hybridized carbons (Fsp3) is 0.565. The Morgan fingerprint density at radius 3 is 2.08 bits per heavy atom. The third kappa shape index (κ3) is 15.7. The van der Waals surface area contributed by atoms with Crippen molar-refractivity contribution in [2.45, 2.75) is 130 Å². The Hall–Kier alpha value is -5.57. The van der Waals surface area contributed by atoms with Gasteiger partial charge in [-0.1, -0.05) is 93.1 Å². The van der Waals surface area contributed by atoms with E-state index in [2.05, 4.69) is 44.5 Å². The fourth-order valence-electron chi connectivity index (χ4n) is 11.5. The van der Waals surface area contributed by atoms with E-state index in [9.17, 15) is 24.3 Å². The molecular weight excluding hydrogens is 1040 g/mol. The average Bonchev–Trinajstić information content (AvgIpc) is 4.13. The molecule has 434 valence electrons. The molecule has 4 heterocycles. The number of esters is 1. The normalized spacial score (nSPS) is 21.7. The molecule has 1 saturated carbocycles. The Balaban J connectivity index is 0.671. The lowest BCUT2D eigenvalue weighted by atomic mass is 9.80. The molecule has 3 aromatic carbocycles. The standard InChI is InChI=1S/C62H84N6O11S/c1-41-34-42(2)53(43(3)35-41)54-57(78-38-46-12-10-9-11-13-46)62(79-60(54)73)20-18-50(19-21-62)77-33-32-75-29-27-67-24-22-66(23-25-67)26-28-74-30-31-76-39-52(70)65-56(61(6,7)8)59(72)68-37-49(69)36-51(68)58(71)64-44(4)47-14-16-48(17-15-47)55-45(5)63-40-80-55/h9-17,34-35,40,44,49-51,56,69H,18-33,36-39H2,1-8H3,(H,64,71)(H,65,70)/t44-,49+,50-,51-,56+,62+/m0/s1. The zero-order chi connectivity index (χ0) is 57.0. The number of aryl methyl sites for hydroxylation is 4. The van der Waals surface area contributed by atoms with Crippen LogP contribution in [0.3, 0.4) is 0 Å². The molecule has 4 atom stereocenters. The minimum absolute atomic E-state index is 0.0113. The van der Waals surface area contributed by atoms with Crippen LogP contribution in [0.4, 0.5) is 0 Å². The van der Waals surface area contributed by atoms with Crippen molar-refractivity contribution in [2.24, 2.45) is 5.41 Å². The summed E-state index contributed by atoms with van der Waals surface area (Å²) >= 11 is 1.58. The predicted octanol–water partition coefficient (Wildman–Crippen LogP) is 7.26. The number of thiazole rings is 1. The van der Waals surface area contributed by atoms with Gasteiger partial charge in [0.05, 0.1) is 74.0 Å². The maximum atomic E-state index is 14.1. The van der Waals surface area contributed by atoms with E-state index in [0.29, 0.717) is 63.8 Å². The minimum Gasteiger partial charge on any atom is -0.488 e. The quantitative estimate of drug-likeness (QED) is 0.0444. The van der Waals surface area contributed by atoms with E-state index < -0.39 is 41.0 Å². The molecule has 17 nitrogen and oxygen atoms in total. The predicted molar refractivity (Wildman–Crippen MR) is 308 cm³/mol. The van der Waals surface area contributed by atoms with E-state index in [4.69, 9.17) is 28.4 Å². The van der Waals surface area contributed by atoms with Gasteiger partial charge in [-0.25, -0.2) is 9.78 Å². The highest BCUT2D eigenvalue weighted by atomic mass is 32.1. The van der Waals surface area contributed by atoms with E-state index in [1.165, 1.54) is 4.90 Å². The highest BCUT2D eigenvalue weighted by Gasteiger charge is 2.52. The van der Waals surface area contributed by atoms with Gasteiger partial charge in [0.15, 0.2) is 11.4 Å². The number of amides is 3. The molecule has 1 aromatic heterocycles. The zero-order valence-corrected chi connectivity index (χ0v) is 49.0. The molecule has 3 N–H and O–H groups in total. The van der Waals surface area contributed by atoms with E-state index >= 15 is 0 Å². The first kappa shape index (κ1) is 60.5. The number of carbonyl (C=O) groups excluding carboxylic acids is 4. The van der Waals surface area contributed by atoms with E-state index in [1.54, 1.807) is 11.3 Å². The van der Waals surface area contributed by atoms with E-state index in [0.717, 1.165) is 102 Å². The van der Waals surface area contributed by atoms with Crippen LogP contribution in [0, 0.1) is 33.1 Å². The lowest BCUT2D eigenvalue weighted by molar-refractivity contribution is -0.154. The molecule has 80 heavy (non-hydrogen) atoms. The Labute approximate surface area is 476 Å². The molecule has 1 aliphatic carbocycles. The summed E-state index contributed by atoms with van der Waals surface area (Å²) in [5.41, 5.74) is 8.95. The number of aliphatic hydroxyl groups excluding tert-OH is 1. The Bertz CT molecular complexity index is 2720. The molecule has 8 rings (SSSR count). The van der Waals surface area contributed by atoms with Gasteiger partial charge in [-0.05, 0) is 99.1 Å². The Kier molecular flexibility index (Phi) is 21.1. The third-order valence-electron chi connectivity index (χ3n) is 15.8. The maximum absolute atomic E-state index is 14.1. The average molecular weight is 1120 g/mol. The number of ether oxygens (including phenoxy) is 6. The van der Waals surface area contributed by atoms with Gasteiger partial charge in [0.1, 0.15) is 30.9 Å². The monoisotopic (exact) mass is 1120 g/mol. The van der Waals surface area contributed by atoms with Crippen LogP contribution < -0.4 is 10.6 Å². The fourth-order valence-corrected chi connectivity index (χ4v) is 12.3. The molecule has 3 aliphatic heterocycles. The Morgan fingerprint density at radius 1 is 0.838 bits per heavy atom. The van der Waals surface area contributed by atoms with Gasteiger partial charge >= 0.3 is 5.97 Å². The van der Waals surface area contributed by atoms with Crippen LogP contribution in [-0.2, 0) is 54.2 Å². The van der Waals surface area contributed by atoms with Crippen LogP contribution in [-0.4, -0.2) is 170 Å². The SMILES string of the molecule is Cc1cc(C)c(C2=C(OCc3ccccc3)[C@]3(CC[C@H](OCCOCCN4CCN(CCOCCOCC(=O)N[C@H](C(=O)N5C[C@H](O)C[C@H]5C(=O)N[C@@H](C)c5ccc(-c6scnc6C)cc5)C(C)(C)C)CC4)CC3)OC2=O)c(C)c1. The second kappa shape index (κ2) is 27.9. The van der Waals surface area contributed by atoms with Crippen molar-refractivity contribution < 1.29 is 52.7 Å². The number of rotatable bonds is 25. The smallest absolute Gasteiger partial charge is 0.343 e. The highest BCUT2D eigenvalue weighted by molar-refractivity contribution is 7.13. The summed E-state index contributed by atoms with van der Waals surface area (Å²) in [6, 6.07) is 20.0. The van der Waals surface area contributed by atoms with Crippen molar-refractivity contribution in [3.8, 4) is 10.4 Å². The number of aliphatic hydroxyl groups is 1. The number of likely N-dealkylation sites (tertiary alicyclic amines) is 1. The van der Waals surface area contributed by atoms with Crippen molar-refractivity contribution in [1.82, 2.24) is 30.3 Å². The maximum Gasteiger partial charge on any atom is 0.343 e. The molecule has 3 fully saturated rings. The number of aromatic nitrogens is 1. The van der Waals surface area contributed by atoms with Gasteiger partial charge in [-0.15, -0.1) is 11.3 Å². The van der Waals surface area contributed by atoms with E-state index in [-0.39, 0.29) is 50.2 Å². The van der Waals surface area contributed by atoms with Crippen molar-refractivity contribution in [1.29, 1.82) is 0 Å². The van der Waals surface area contributed by atoms with Crippen LogP contribution in [0.25, 0.3) is 16.0 Å². The molecule has 2 saturated heterocycles. The zero-order valence-electron chi connectivity index (χ0n) is 48.2. The lowest BCUT2D eigenvalue weighted by Crippen LogP contribution is -2.58. The molecule has 0 radical (unpaired) electrons. The Morgan fingerprint density at radius 2 is 1.46 bits per heavy atom. The van der Waals surface area contributed by atoms with Gasteiger partial charge in [0.25, 0.3) is 0 Å². The molecule has 4 aromatic rings. The first-order chi connectivity index (χ1) is 38.4. The van der Waals surface area contributed by atoms with Gasteiger partial charge in [0, 0.05) is 52.2 Å². The van der Waals surface area contributed by atoms with Gasteiger partial charge in [-0.3, -0.25) is 24.2 Å². The molecule has 0 unspecified atom stereocenters. The summed E-state index contributed by atoms with van der Waals surface area (Å²) in [6.07, 6.45) is 2.04. The molecule has 18 heteroatoms. The largest absolute Gasteiger partial charge is 0.488 e. The highest BCUT2D eigenvalue weighted by Crippen LogP contribution is 2.49. The summed E-state index contributed by atoms with van der Waals surface area (Å²) < 4.78 is 36.7. The number of carbonyl (C=O) groups is 4. The van der Waals surface area contributed by atoms with Gasteiger partial charge in [0.2, 0.25) is 17.7 Å². The molecular formula is C62H84N6O11S. The first-order valence-electron chi connectivity index (χ1n) is 28.5. The van der Waals surface area contributed by atoms with Crippen LogP contribution in [0.5, 0.6) is 0 Å². The number of nitrogens with one attached hydrogen (secondary N) is 2. The van der Waals surface area contributed by atoms with Crippen LogP contribution in [0.15, 0.2) is 78.0 Å². The summed E-state index contributed by atoms with van der Waals surface area (Å²) in [6.45, 7) is 23.8. The molecule has 3 amide bonds. The summed E-state index contributed by atoms with van der Waals surface area (Å²) in [7, 11) is 0. The first-order valence-corrected chi connectivity index (χ1v) is 29.4. The second-order valence-corrected chi connectivity index (χ2v) is 23.9. The van der Waals surface area contributed by atoms with Crippen molar-refractivity contribution >= 4 is 40.6 Å². The van der Waals surface area contributed by atoms with Gasteiger partial charge < -0.3 is 49.1 Å². The van der Waals surface area contributed by atoms with Crippen molar-refractivity contribution in [3.63, 3.8) is 0 Å².